The molecule has 0 rings (SSSR count). The van der Waals surface area contributed by atoms with Gasteiger partial charge in [0.15, 0.2) is 0 Å². The number of hydrogen-bond donors (Lipinski definition) is 3. The van der Waals surface area contributed by atoms with Crippen LogP contribution < -0.4 is 5.32 Å². The number of aliphatic hydroxyl groups is 2. The number of hydrogen-bond acceptors (Lipinski definition) is 5. The minimum atomic E-state index is -0.782. The lowest BCUT2D eigenvalue weighted by molar-refractivity contribution is -0.151. The maximum atomic E-state index is 13.2. The molecule has 64 heavy (non-hydrogen) atoms. The molecule has 0 aromatic carbocycles. The van der Waals surface area contributed by atoms with E-state index in [1.165, 1.54) is 231 Å². The first-order valence-corrected chi connectivity index (χ1v) is 28.9. The number of ether oxygens (including phenoxy) is 1. The molecule has 3 unspecified atom stereocenters. The average Bonchev–Trinajstić information content (AvgIpc) is 3.29. The number of allylic oxidation sites excluding steroid dienone is 2. The van der Waals surface area contributed by atoms with E-state index >= 15 is 0 Å². The molecule has 0 aliphatic rings. The Balaban J connectivity index is 4.41. The third-order valence-electron chi connectivity index (χ3n) is 13.6. The van der Waals surface area contributed by atoms with Gasteiger partial charge in [-0.05, 0) is 51.4 Å². The van der Waals surface area contributed by atoms with Crippen molar-refractivity contribution in [1.82, 2.24) is 5.32 Å². The number of nitrogens with one attached hydrogen (secondary N) is 1. The lowest BCUT2D eigenvalue weighted by Crippen LogP contribution is -2.46. The smallest absolute Gasteiger partial charge is 0.306 e. The van der Waals surface area contributed by atoms with E-state index in [1.54, 1.807) is 0 Å². The molecule has 3 N–H and O–H groups in total. The van der Waals surface area contributed by atoms with E-state index in [-0.39, 0.29) is 24.9 Å². The Hall–Kier alpha value is -1.40. The molecule has 3 atom stereocenters. The van der Waals surface area contributed by atoms with E-state index in [9.17, 15) is 19.8 Å². The van der Waals surface area contributed by atoms with Crippen molar-refractivity contribution in [1.29, 1.82) is 0 Å². The van der Waals surface area contributed by atoms with Crippen molar-refractivity contribution < 1.29 is 24.5 Å². The number of unbranched alkanes of at least 4 members (excludes halogenated alkanes) is 39. The van der Waals surface area contributed by atoms with Gasteiger partial charge in [-0.1, -0.05) is 270 Å². The van der Waals surface area contributed by atoms with Crippen molar-refractivity contribution in [2.75, 3.05) is 6.61 Å². The molecule has 380 valence electrons. The Kier molecular flexibility index (Phi) is 51.4. The lowest BCUT2D eigenvalue weighted by Gasteiger charge is -2.24. The SMILES string of the molecule is CCCCCCCC/C=C/CCCCCCCCCCCC(=O)OC(CCCCCCCCCCCCC)CC(=O)NC(CO)C(O)CCCCCCCCCCCCCCCCC. The second-order valence-electron chi connectivity index (χ2n) is 20.1. The number of rotatable bonds is 53. The fraction of sp³-hybridized carbons (Fsp3) is 0.931. The van der Waals surface area contributed by atoms with Gasteiger partial charge in [0.05, 0.1) is 25.2 Å². The minimum Gasteiger partial charge on any atom is -0.462 e. The second-order valence-corrected chi connectivity index (χ2v) is 20.1. The summed E-state index contributed by atoms with van der Waals surface area (Å²) in [6.07, 6.45) is 59.9. The van der Waals surface area contributed by atoms with E-state index < -0.39 is 18.2 Å². The standard InChI is InChI=1S/C58H113NO5/c1-4-7-10-13-16-19-22-24-26-27-28-29-31-33-36-39-42-45-48-51-58(63)64-54(49-46-43-40-37-34-21-18-15-12-9-6-3)52-57(62)59-55(53-60)56(61)50-47-44-41-38-35-32-30-25-23-20-17-14-11-8-5-2/h24,26,54-56,60-61H,4-23,25,27-53H2,1-3H3,(H,59,62)/b26-24+. The molecular weight excluding hydrogens is 791 g/mol. The van der Waals surface area contributed by atoms with Gasteiger partial charge in [-0.3, -0.25) is 9.59 Å². The van der Waals surface area contributed by atoms with Gasteiger partial charge in [-0.2, -0.15) is 0 Å². The van der Waals surface area contributed by atoms with Gasteiger partial charge in [0.25, 0.3) is 0 Å². The van der Waals surface area contributed by atoms with E-state index in [4.69, 9.17) is 4.74 Å². The van der Waals surface area contributed by atoms with Crippen LogP contribution in [0.4, 0.5) is 0 Å². The largest absolute Gasteiger partial charge is 0.462 e. The number of carbonyl (C=O) groups excluding carboxylic acids is 2. The highest BCUT2D eigenvalue weighted by Crippen LogP contribution is 2.19. The summed E-state index contributed by atoms with van der Waals surface area (Å²) in [4.78, 5) is 26.2. The molecule has 0 saturated heterocycles. The van der Waals surface area contributed by atoms with Gasteiger partial charge in [0.2, 0.25) is 5.91 Å². The maximum absolute atomic E-state index is 13.2. The lowest BCUT2D eigenvalue weighted by atomic mass is 10.0. The Morgan fingerprint density at radius 1 is 0.438 bits per heavy atom. The minimum absolute atomic E-state index is 0.0845. The summed E-state index contributed by atoms with van der Waals surface area (Å²) in [6, 6.07) is -0.695. The van der Waals surface area contributed by atoms with Crippen molar-refractivity contribution in [2.24, 2.45) is 0 Å². The zero-order valence-electron chi connectivity index (χ0n) is 43.4. The van der Waals surface area contributed by atoms with Gasteiger partial charge >= 0.3 is 5.97 Å². The third kappa shape index (κ3) is 47.1. The number of esters is 1. The van der Waals surface area contributed by atoms with Crippen LogP contribution in [0.15, 0.2) is 12.2 Å². The highest BCUT2D eigenvalue weighted by atomic mass is 16.5. The first-order chi connectivity index (χ1) is 31.5. The van der Waals surface area contributed by atoms with E-state index in [1.807, 2.05) is 0 Å². The molecule has 0 aromatic rings. The zero-order chi connectivity index (χ0) is 46.7. The molecule has 6 heteroatoms. The molecule has 1 amide bonds. The summed E-state index contributed by atoms with van der Waals surface area (Å²) in [5.74, 6) is -0.454. The van der Waals surface area contributed by atoms with Crippen LogP contribution in [0.5, 0.6) is 0 Å². The van der Waals surface area contributed by atoms with E-state index in [2.05, 4.69) is 38.2 Å². The molecular formula is C58H113NO5. The van der Waals surface area contributed by atoms with Crippen LogP contribution in [0.2, 0.25) is 0 Å². The molecule has 0 saturated carbocycles. The van der Waals surface area contributed by atoms with Crippen molar-refractivity contribution >= 4 is 11.9 Å². The Labute approximate surface area is 399 Å². The predicted octanol–water partition coefficient (Wildman–Crippen LogP) is 17.7. The fourth-order valence-electron chi connectivity index (χ4n) is 9.19. The Morgan fingerprint density at radius 3 is 1.11 bits per heavy atom. The molecule has 0 aliphatic carbocycles. The highest BCUT2D eigenvalue weighted by molar-refractivity contribution is 5.77. The molecule has 0 heterocycles. The summed E-state index contributed by atoms with van der Waals surface area (Å²) in [7, 11) is 0. The van der Waals surface area contributed by atoms with Crippen molar-refractivity contribution in [3.8, 4) is 0 Å². The number of amides is 1. The molecule has 0 radical (unpaired) electrons. The van der Waals surface area contributed by atoms with Gasteiger partial charge in [0, 0.05) is 6.42 Å². The Bertz CT molecular complexity index is 970. The predicted molar refractivity (Wildman–Crippen MR) is 278 cm³/mol. The normalized spacial score (nSPS) is 13.1. The average molecular weight is 905 g/mol. The quantitative estimate of drug-likeness (QED) is 0.0321. The topological polar surface area (TPSA) is 95.9 Å². The Morgan fingerprint density at radius 2 is 0.750 bits per heavy atom. The third-order valence-corrected chi connectivity index (χ3v) is 13.6. The monoisotopic (exact) mass is 904 g/mol. The van der Waals surface area contributed by atoms with Crippen molar-refractivity contribution in [2.45, 2.75) is 341 Å². The number of aliphatic hydroxyl groups excluding tert-OH is 2. The van der Waals surface area contributed by atoms with Crippen LogP contribution in [0, 0.1) is 0 Å². The summed E-state index contributed by atoms with van der Waals surface area (Å²) in [6.45, 7) is 6.52. The first-order valence-electron chi connectivity index (χ1n) is 28.9. The van der Waals surface area contributed by atoms with Crippen molar-refractivity contribution in [3.63, 3.8) is 0 Å². The zero-order valence-corrected chi connectivity index (χ0v) is 43.4. The second kappa shape index (κ2) is 52.6. The van der Waals surface area contributed by atoms with Crippen LogP contribution >= 0.6 is 0 Å². The van der Waals surface area contributed by atoms with Gasteiger partial charge in [0.1, 0.15) is 6.10 Å². The summed E-state index contributed by atoms with van der Waals surface area (Å²) >= 11 is 0. The summed E-state index contributed by atoms with van der Waals surface area (Å²) < 4.78 is 5.96. The van der Waals surface area contributed by atoms with Gasteiger partial charge < -0.3 is 20.3 Å². The summed E-state index contributed by atoms with van der Waals surface area (Å²) in [5, 5.41) is 23.9. The molecule has 0 aliphatic heterocycles. The summed E-state index contributed by atoms with van der Waals surface area (Å²) in [5.41, 5.74) is 0. The van der Waals surface area contributed by atoms with Crippen molar-refractivity contribution in [3.05, 3.63) is 12.2 Å². The molecule has 6 nitrogen and oxygen atoms in total. The molecule has 0 bridgehead atoms. The molecule has 0 spiro atoms. The fourth-order valence-corrected chi connectivity index (χ4v) is 9.19. The van der Waals surface area contributed by atoms with Crippen LogP contribution in [0.1, 0.15) is 323 Å². The first kappa shape index (κ1) is 62.6. The molecule has 0 fully saturated rings. The molecule has 0 aromatic heterocycles. The van der Waals surface area contributed by atoms with Crippen LogP contribution in [0.25, 0.3) is 0 Å². The van der Waals surface area contributed by atoms with Gasteiger partial charge in [-0.15, -0.1) is 0 Å². The van der Waals surface area contributed by atoms with E-state index in [0.717, 1.165) is 44.9 Å². The van der Waals surface area contributed by atoms with Crippen LogP contribution in [-0.2, 0) is 14.3 Å². The maximum Gasteiger partial charge on any atom is 0.306 e. The van der Waals surface area contributed by atoms with Gasteiger partial charge in [-0.25, -0.2) is 0 Å². The highest BCUT2D eigenvalue weighted by Gasteiger charge is 2.24. The number of carbonyl (C=O) groups is 2. The van der Waals surface area contributed by atoms with E-state index in [0.29, 0.717) is 19.3 Å². The van der Waals surface area contributed by atoms with Crippen LogP contribution in [-0.4, -0.2) is 46.9 Å². The van der Waals surface area contributed by atoms with Crippen LogP contribution in [0.3, 0.4) is 0 Å².